The molecule has 0 saturated heterocycles. The number of rotatable bonds is 8. The fourth-order valence-electron chi connectivity index (χ4n) is 2.53. The number of nitrogens with one attached hydrogen (secondary N) is 1. The molecule has 0 atom stereocenters. The fourth-order valence-corrected chi connectivity index (χ4v) is 5.13. The highest BCUT2D eigenvalue weighted by molar-refractivity contribution is 7.98. The number of hydrogen-bond acceptors (Lipinski definition) is 4. The van der Waals surface area contributed by atoms with Gasteiger partial charge in [-0.05, 0) is 50.2 Å². The lowest BCUT2D eigenvalue weighted by Gasteiger charge is -2.24. The molecule has 2 aromatic carbocycles. The Labute approximate surface area is 187 Å². The predicted molar refractivity (Wildman–Crippen MR) is 113 cm³/mol. The van der Waals surface area contributed by atoms with E-state index in [1.807, 2.05) is 0 Å². The Morgan fingerprint density at radius 1 is 1.10 bits per heavy atom. The molecule has 1 amide bonds. The molecule has 11 heteroatoms. The Hall–Kier alpha value is -1.78. The quantitative estimate of drug-likeness (QED) is 0.407. The van der Waals surface area contributed by atoms with Crippen LogP contribution in [0, 0.1) is 5.82 Å². The summed E-state index contributed by atoms with van der Waals surface area (Å²) in [6, 6.07) is 7.33. The minimum Gasteiger partial charge on any atom is -0.354 e. The summed E-state index contributed by atoms with van der Waals surface area (Å²) in [6.07, 6.45) is -4.60. The van der Waals surface area contributed by atoms with Crippen molar-refractivity contribution in [3.8, 4) is 0 Å². The fraction of sp³-hybridized carbons (Fsp3) is 0.350. The average molecular weight is 498 g/mol. The lowest BCUT2D eigenvalue weighted by molar-refractivity contribution is -0.137. The first-order valence-electron chi connectivity index (χ1n) is 8.99. The maximum atomic E-state index is 13.7. The molecule has 0 aliphatic rings. The van der Waals surface area contributed by atoms with Crippen LogP contribution in [-0.2, 0) is 26.6 Å². The highest BCUT2D eigenvalue weighted by atomic mass is 35.5. The van der Waals surface area contributed by atoms with Crippen LogP contribution < -0.4 is 5.32 Å². The molecule has 0 radical (unpaired) electrons. The van der Waals surface area contributed by atoms with Crippen LogP contribution in [0.25, 0.3) is 0 Å². The molecule has 0 saturated carbocycles. The number of alkyl halides is 3. The molecule has 0 heterocycles. The zero-order valence-electron chi connectivity index (χ0n) is 16.6. The number of carbonyl (C=O) groups excluding carboxylic acids is 1. The van der Waals surface area contributed by atoms with Gasteiger partial charge in [0, 0.05) is 28.6 Å². The minimum absolute atomic E-state index is 0.113. The maximum absolute atomic E-state index is 13.7. The van der Waals surface area contributed by atoms with Crippen molar-refractivity contribution in [2.75, 3.05) is 12.3 Å². The summed E-state index contributed by atoms with van der Waals surface area (Å²) >= 11 is 7.24. The van der Waals surface area contributed by atoms with Crippen molar-refractivity contribution in [2.45, 2.75) is 35.4 Å². The van der Waals surface area contributed by atoms with Gasteiger partial charge in [0.15, 0.2) is 9.84 Å². The summed E-state index contributed by atoms with van der Waals surface area (Å²) in [7, 11) is -4.25. The first-order chi connectivity index (χ1) is 14.3. The lowest BCUT2D eigenvalue weighted by Crippen LogP contribution is -2.48. The van der Waals surface area contributed by atoms with Crippen molar-refractivity contribution in [1.29, 1.82) is 0 Å². The van der Waals surface area contributed by atoms with Gasteiger partial charge in [0.25, 0.3) is 0 Å². The number of thioether (sulfide) groups is 1. The summed E-state index contributed by atoms with van der Waals surface area (Å²) in [5.41, 5.74) is -0.647. The summed E-state index contributed by atoms with van der Waals surface area (Å²) in [5, 5.41) is 2.80. The van der Waals surface area contributed by atoms with Crippen LogP contribution in [0.1, 0.15) is 25.0 Å². The van der Waals surface area contributed by atoms with Crippen LogP contribution in [0.5, 0.6) is 0 Å². The first kappa shape index (κ1) is 25.5. The van der Waals surface area contributed by atoms with E-state index < -0.39 is 38.0 Å². The zero-order valence-corrected chi connectivity index (χ0v) is 19.0. The van der Waals surface area contributed by atoms with E-state index in [1.54, 1.807) is 6.07 Å². The zero-order chi connectivity index (χ0) is 23.4. The third-order valence-corrected chi connectivity index (χ3v) is 8.31. The van der Waals surface area contributed by atoms with Crippen LogP contribution in [0.2, 0.25) is 5.02 Å². The van der Waals surface area contributed by atoms with E-state index in [-0.39, 0.29) is 17.2 Å². The van der Waals surface area contributed by atoms with Gasteiger partial charge in [-0.3, -0.25) is 4.79 Å². The van der Waals surface area contributed by atoms with Crippen LogP contribution >= 0.6 is 23.4 Å². The van der Waals surface area contributed by atoms with Crippen molar-refractivity contribution < 1.29 is 30.8 Å². The summed E-state index contributed by atoms with van der Waals surface area (Å²) in [5.74, 6) is -0.591. The number of sulfone groups is 1. The van der Waals surface area contributed by atoms with Crippen molar-refractivity contribution >= 4 is 39.1 Å². The van der Waals surface area contributed by atoms with Gasteiger partial charge in [-0.1, -0.05) is 17.7 Å². The van der Waals surface area contributed by atoms with Gasteiger partial charge in [0.2, 0.25) is 5.91 Å². The Bertz CT molecular complexity index is 1020. The van der Waals surface area contributed by atoms with E-state index in [0.29, 0.717) is 28.5 Å². The van der Waals surface area contributed by atoms with E-state index in [1.165, 1.54) is 37.7 Å². The molecular formula is C20H20ClF4NO3S2. The summed E-state index contributed by atoms with van der Waals surface area (Å²) in [4.78, 5) is 12.1. The summed E-state index contributed by atoms with van der Waals surface area (Å²) in [6.45, 7) is 2.48. The Morgan fingerprint density at radius 3 is 2.26 bits per heavy atom. The molecule has 31 heavy (non-hydrogen) atoms. The van der Waals surface area contributed by atoms with Crippen molar-refractivity contribution in [1.82, 2.24) is 5.32 Å². The molecule has 0 fully saturated rings. The largest absolute Gasteiger partial charge is 0.416 e. The molecule has 2 aromatic rings. The Balaban J connectivity index is 1.97. The monoisotopic (exact) mass is 497 g/mol. The van der Waals surface area contributed by atoms with Gasteiger partial charge in [-0.25, -0.2) is 12.8 Å². The molecule has 0 bridgehead atoms. The normalized spacial score (nSPS) is 12.6. The topological polar surface area (TPSA) is 63.2 Å². The second kappa shape index (κ2) is 9.79. The highest BCUT2D eigenvalue weighted by Crippen LogP contribution is 2.32. The van der Waals surface area contributed by atoms with Gasteiger partial charge < -0.3 is 5.32 Å². The van der Waals surface area contributed by atoms with Gasteiger partial charge in [-0.2, -0.15) is 24.9 Å². The number of hydrogen-bond donors (Lipinski definition) is 1. The lowest BCUT2D eigenvalue weighted by atomic mass is 10.2. The molecule has 0 aliphatic carbocycles. The third kappa shape index (κ3) is 5.93. The molecule has 4 nitrogen and oxygen atoms in total. The minimum atomic E-state index is -4.60. The Morgan fingerprint density at radius 2 is 1.71 bits per heavy atom. The van der Waals surface area contributed by atoms with Crippen molar-refractivity contribution in [3.63, 3.8) is 0 Å². The van der Waals surface area contributed by atoms with E-state index in [4.69, 9.17) is 11.6 Å². The van der Waals surface area contributed by atoms with Crippen LogP contribution in [0.4, 0.5) is 17.6 Å². The maximum Gasteiger partial charge on any atom is 0.416 e. The molecule has 0 aromatic heterocycles. The number of benzene rings is 2. The van der Waals surface area contributed by atoms with Crippen LogP contribution in [0.15, 0.2) is 47.4 Å². The van der Waals surface area contributed by atoms with Gasteiger partial charge in [0.1, 0.15) is 10.6 Å². The van der Waals surface area contributed by atoms with E-state index in [0.717, 1.165) is 12.1 Å². The standard InChI is InChI=1S/C20H20ClF4NO3S2/c1-19(2,31(28,29)14-8-6-13(7-9-14)20(23,24)25)18(27)26-10-11-30-12-15-16(21)4-3-5-17(15)22/h3-9H,10-12H2,1-2H3,(H,26,27). The highest BCUT2D eigenvalue weighted by Gasteiger charge is 2.43. The number of halogens is 5. The van der Waals surface area contributed by atoms with Crippen molar-refractivity contribution in [3.05, 3.63) is 64.4 Å². The van der Waals surface area contributed by atoms with E-state index in [2.05, 4.69) is 5.32 Å². The molecule has 170 valence electrons. The van der Waals surface area contributed by atoms with E-state index in [9.17, 15) is 30.8 Å². The second-order valence-electron chi connectivity index (χ2n) is 7.04. The van der Waals surface area contributed by atoms with Gasteiger partial charge in [0.05, 0.1) is 10.5 Å². The first-order valence-corrected chi connectivity index (χ1v) is 12.0. The number of amides is 1. The molecule has 1 N–H and O–H groups in total. The van der Waals surface area contributed by atoms with Gasteiger partial charge in [-0.15, -0.1) is 0 Å². The smallest absolute Gasteiger partial charge is 0.354 e. The average Bonchev–Trinajstić information content (AvgIpc) is 2.68. The number of carbonyl (C=O) groups is 1. The van der Waals surface area contributed by atoms with E-state index >= 15 is 0 Å². The second-order valence-corrected chi connectivity index (χ2v) is 11.1. The molecule has 0 aliphatic heterocycles. The van der Waals surface area contributed by atoms with Crippen molar-refractivity contribution in [2.24, 2.45) is 0 Å². The summed E-state index contributed by atoms with van der Waals surface area (Å²) < 4.78 is 75.5. The predicted octanol–water partition coefficient (Wildman–Crippen LogP) is 5.10. The third-order valence-electron chi connectivity index (χ3n) is 4.55. The SMILES string of the molecule is CC(C)(C(=O)NCCSCc1c(F)cccc1Cl)S(=O)(=O)c1ccc(C(F)(F)F)cc1. The van der Waals surface area contributed by atoms with Gasteiger partial charge >= 0.3 is 6.18 Å². The Kier molecular flexibility index (Phi) is 8.04. The molecule has 0 unspecified atom stereocenters. The van der Waals surface area contributed by atoms with Crippen LogP contribution in [0.3, 0.4) is 0 Å². The molecule has 0 spiro atoms. The molecular weight excluding hydrogens is 478 g/mol. The van der Waals surface area contributed by atoms with Crippen LogP contribution in [-0.4, -0.2) is 31.4 Å². The molecule has 2 rings (SSSR count).